The number of nitrogens with zero attached hydrogens (tertiary/aromatic N) is 2. The van der Waals surface area contributed by atoms with Crippen LogP contribution in [-0.2, 0) is 17.9 Å². The molecular weight excluding hydrogens is 368 g/mol. The fourth-order valence-electron chi connectivity index (χ4n) is 2.61. The quantitative estimate of drug-likeness (QED) is 0.597. The van der Waals surface area contributed by atoms with Crippen LogP contribution in [0.4, 0.5) is 11.5 Å². The van der Waals surface area contributed by atoms with E-state index in [0.29, 0.717) is 12.3 Å². The molecule has 0 spiro atoms. The number of nitrogens with one attached hydrogen (secondary N) is 1. The first-order valence-corrected chi connectivity index (χ1v) is 10.2. The summed E-state index contributed by atoms with van der Waals surface area (Å²) in [5.41, 5.74) is 4.91. The van der Waals surface area contributed by atoms with E-state index in [-0.39, 0.29) is 29.7 Å². The standard InChI is InChI=1S/C18H26N4O4S/c1-3-5-8-21-16(19)15(17(24)20-18(21)25)22(11-13-7-6-9-26-13)14(23)12-27-10-4-2/h6-7,9H,3-5,8,10-12,19H2,1-2H3,(H,20,24,25). The molecule has 0 aliphatic heterocycles. The molecule has 8 nitrogen and oxygen atoms in total. The lowest BCUT2D eigenvalue weighted by molar-refractivity contribution is -0.116. The van der Waals surface area contributed by atoms with Crippen LogP contribution >= 0.6 is 11.8 Å². The summed E-state index contributed by atoms with van der Waals surface area (Å²) >= 11 is 1.49. The average molecular weight is 394 g/mol. The van der Waals surface area contributed by atoms with Crippen LogP contribution in [0.5, 0.6) is 0 Å². The highest BCUT2D eigenvalue weighted by molar-refractivity contribution is 7.99. The molecule has 148 valence electrons. The lowest BCUT2D eigenvalue weighted by Crippen LogP contribution is -2.41. The number of furan rings is 1. The van der Waals surface area contributed by atoms with Crippen LogP contribution in [0.2, 0.25) is 0 Å². The second-order valence-corrected chi connectivity index (χ2v) is 7.22. The number of aromatic nitrogens is 2. The molecule has 0 atom stereocenters. The third kappa shape index (κ3) is 5.29. The van der Waals surface area contributed by atoms with E-state index in [1.165, 1.54) is 27.5 Å². The first-order valence-electron chi connectivity index (χ1n) is 9.02. The van der Waals surface area contributed by atoms with Gasteiger partial charge in [0.1, 0.15) is 11.6 Å². The van der Waals surface area contributed by atoms with Crippen molar-refractivity contribution in [2.45, 2.75) is 46.2 Å². The van der Waals surface area contributed by atoms with Crippen molar-refractivity contribution >= 4 is 29.2 Å². The number of carbonyl (C=O) groups excluding carboxylic acids is 1. The van der Waals surface area contributed by atoms with Crippen molar-refractivity contribution in [2.24, 2.45) is 0 Å². The van der Waals surface area contributed by atoms with Crippen molar-refractivity contribution in [1.29, 1.82) is 0 Å². The van der Waals surface area contributed by atoms with Crippen LogP contribution in [0.15, 0.2) is 32.4 Å². The molecule has 27 heavy (non-hydrogen) atoms. The Morgan fingerprint density at radius 1 is 1.33 bits per heavy atom. The largest absolute Gasteiger partial charge is 0.467 e. The van der Waals surface area contributed by atoms with Gasteiger partial charge in [0.15, 0.2) is 5.69 Å². The Kier molecular flexibility index (Phi) is 7.78. The van der Waals surface area contributed by atoms with Gasteiger partial charge in [-0.05, 0) is 30.7 Å². The Bertz CT molecular complexity index is 857. The minimum Gasteiger partial charge on any atom is -0.467 e. The summed E-state index contributed by atoms with van der Waals surface area (Å²) in [6, 6.07) is 3.43. The van der Waals surface area contributed by atoms with Gasteiger partial charge >= 0.3 is 5.69 Å². The van der Waals surface area contributed by atoms with Crippen molar-refractivity contribution in [3.05, 3.63) is 45.0 Å². The number of anilines is 2. The SMILES string of the molecule is CCCCn1c(N)c(N(Cc2ccco2)C(=O)CSCCC)c(=O)[nH]c1=O. The van der Waals surface area contributed by atoms with Crippen LogP contribution in [0.1, 0.15) is 38.9 Å². The maximum Gasteiger partial charge on any atom is 0.330 e. The van der Waals surface area contributed by atoms with Gasteiger partial charge in [0.2, 0.25) is 5.91 Å². The molecule has 9 heteroatoms. The van der Waals surface area contributed by atoms with E-state index in [1.54, 1.807) is 12.1 Å². The molecule has 2 heterocycles. The summed E-state index contributed by atoms with van der Waals surface area (Å²) in [6.45, 7) is 4.46. The average Bonchev–Trinajstić information content (AvgIpc) is 3.14. The Balaban J connectivity index is 2.45. The van der Waals surface area contributed by atoms with Crippen molar-refractivity contribution in [2.75, 3.05) is 22.1 Å². The molecule has 0 radical (unpaired) electrons. The first kappa shape index (κ1) is 20.9. The van der Waals surface area contributed by atoms with Crippen LogP contribution in [0.3, 0.4) is 0 Å². The van der Waals surface area contributed by atoms with Gasteiger partial charge in [-0.3, -0.25) is 24.0 Å². The second-order valence-electron chi connectivity index (χ2n) is 6.11. The number of hydrogen-bond acceptors (Lipinski definition) is 6. The zero-order valence-corrected chi connectivity index (χ0v) is 16.5. The first-order chi connectivity index (χ1) is 13.0. The smallest absolute Gasteiger partial charge is 0.330 e. The number of nitrogen functional groups attached to an aromatic ring is 1. The van der Waals surface area contributed by atoms with Gasteiger partial charge in [-0.15, -0.1) is 0 Å². The van der Waals surface area contributed by atoms with Crippen LogP contribution in [0, 0.1) is 0 Å². The van der Waals surface area contributed by atoms with E-state index in [4.69, 9.17) is 10.2 Å². The van der Waals surface area contributed by atoms with Crippen LogP contribution < -0.4 is 21.9 Å². The Morgan fingerprint density at radius 3 is 2.74 bits per heavy atom. The molecule has 2 rings (SSSR count). The Labute approximate surface area is 161 Å². The van der Waals surface area contributed by atoms with E-state index in [9.17, 15) is 14.4 Å². The van der Waals surface area contributed by atoms with E-state index in [0.717, 1.165) is 25.0 Å². The van der Waals surface area contributed by atoms with Crippen molar-refractivity contribution in [1.82, 2.24) is 9.55 Å². The van der Waals surface area contributed by atoms with Crippen LogP contribution in [-0.4, -0.2) is 27.0 Å². The number of nitrogens with two attached hydrogens (primary N) is 1. The van der Waals surface area contributed by atoms with Crippen molar-refractivity contribution in [3.8, 4) is 0 Å². The fraction of sp³-hybridized carbons (Fsp3) is 0.500. The minimum atomic E-state index is -0.675. The molecule has 2 aromatic heterocycles. The molecule has 0 unspecified atom stereocenters. The monoisotopic (exact) mass is 394 g/mol. The summed E-state index contributed by atoms with van der Waals surface area (Å²) < 4.78 is 6.64. The predicted octanol–water partition coefficient (Wildman–Crippen LogP) is 2.19. The molecule has 0 saturated carbocycles. The van der Waals surface area contributed by atoms with Gasteiger partial charge in [0, 0.05) is 6.54 Å². The van der Waals surface area contributed by atoms with Gasteiger partial charge in [-0.1, -0.05) is 20.3 Å². The molecule has 3 N–H and O–H groups in total. The lowest BCUT2D eigenvalue weighted by Gasteiger charge is -2.23. The number of H-pyrrole nitrogens is 1. The fourth-order valence-corrected chi connectivity index (χ4v) is 3.37. The van der Waals surface area contributed by atoms with Gasteiger partial charge in [-0.25, -0.2) is 4.79 Å². The molecule has 0 aliphatic carbocycles. The molecule has 1 amide bonds. The third-order valence-electron chi connectivity index (χ3n) is 3.99. The number of hydrogen-bond donors (Lipinski definition) is 2. The van der Waals surface area contributed by atoms with E-state index in [2.05, 4.69) is 4.98 Å². The summed E-state index contributed by atoms with van der Waals surface area (Å²) in [5.74, 6) is 1.30. The maximum absolute atomic E-state index is 12.8. The van der Waals surface area contributed by atoms with Crippen molar-refractivity contribution < 1.29 is 9.21 Å². The van der Waals surface area contributed by atoms with Gasteiger partial charge in [0.05, 0.1) is 18.6 Å². The number of unbranched alkanes of at least 4 members (excludes halogenated alkanes) is 1. The zero-order chi connectivity index (χ0) is 19.8. The van der Waals surface area contributed by atoms with Crippen molar-refractivity contribution in [3.63, 3.8) is 0 Å². The molecule has 0 saturated heterocycles. The third-order valence-corrected chi connectivity index (χ3v) is 5.14. The highest BCUT2D eigenvalue weighted by Gasteiger charge is 2.25. The lowest BCUT2D eigenvalue weighted by atomic mass is 10.3. The van der Waals surface area contributed by atoms with Gasteiger partial charge in [0.25, 0.3) is 5.56 Å². The second kappa shape index (κ2) is 10.1. The highest BCUT2D eigenvalue weighted by Crippen LogP contribution is 2.21. The number of rotatable bonds is 10. The summed E-state index contributed by atoms with van der Waals surface area (Å²) in [6.07, 6.45) is 4.04. The molecular formula is C18H26N4O4S. The van der Waals surface area contributed by atoms with E-state index in [1.807, 2.05) is 13.8 Å². The summed E-state index contributed by atoms with van der Waals surface area (Å²) in [5, 5.41) is 0. The number of carbonyl (C=O) groups is 1. The minimum absolute atomic E-state index is 0.00222. The highest BCUT2D eigenvalue weighted by atomic mass is 32.2. The molecule has 0 aromatic carbocycles. The normalized spacial score (nSPS) is 10.9. The molecule has 0 bridgehead atoms. The maximum atomic E-state index is 12.8. The van der Waals surface area contributed by atoms with Gasteiger partial charge in [-0.2, -0.15) is 11.8 Å². The number of amides is 1. The number of aromatic amines is 1. The van der Waals surface area contributed by atoms with E-state index >= 15 is 0 Å². The molecule has 2 aromatic rings. The zero-order valence-electron chi connectivity index (χ0n) is 15.7. The number of thioether (sulfide) groups is 1. The van der Waals surface area contributed by atoms with Crippen LogP contribution in [0.25, 0.3) is 0 Å². The molecule has 0 aliphatic rings. The molecule has 0 fully saturated rings. The van der Waals surface area contributed by atoms with Gasteiger partial charge < -0.3 is 10.2 Å². The summed E-state index contributed by atoms with van der Waals surface area (Å²) in [4.78, 5) is 41.1. The topological polar surface area (TPSA) is 114 Å². The Morgan fingerprint density at radius 2 is 2.11 bits per heavy atom. The van der Waals surface area contributed by atoms with E-state index < -0.39 is 11.2 Å². The summed E-state index contributed by atoms with van der Waals surface area (Å²) in [7, 11) is 0. The predicted molar refractivity (Wildman–Crippen MR) is 108 cm³/mol. The Hall–Kier alpha value is -2.42.